The molecule has 3 rings (SSSR count). The molecular formula is C37H68O2. The molecule has 0 saturated heterocycles. The van der Waals surface area contributed by atoms with Gasteiger partial charge < -0.3 is 4.74 Å². The summed E-state index contributed by atoms with van der Waals surface area (Å²) in [6, 6.07) is 20.6. The highest BCUT2D eigenvalue weighted by Gasteiger charge is 2.25. The van der Waals surface area contributed by atoms with Crippen LogP contribution in [0.25, 0.3) is 0 Å². The van der Waals surface area contributed by atoms with Gasteiger partial charge in [-0.2, -0.15) is 0 Å². The second-order valence-corrected chi connectivity index (χ2v) is 12.0. The van der Waals surface area contributed by atoms with Crippen LogP contribution in [0.2, 0.25) is 0 Å². The highest BCUT2D eigenvalue weighted by atomic mass is 16.5. The number of ether oxygens (including phenoxy) is 1. The number of fused-ring (bicyclic) bond motifs is 1. The van der Waals surface area contributed by atoms with E-state index in [0.717, 1.165) is 6.42 Å². The zero-order valence-electron chi connectivity index (χ0n) is 29.1. The van der Waals surface area contributed by atoms with Crippen molar-refractivity contribution in [2.24, 2.45) is 16.2 Å². The summed E-state index contributed by atoms with van der Waals surface area (Å²) in [6.45, 7) is 31.6. The van der Waals surface area contributed by atoms with Crippen molar-refractivity contribution in [1.29, 1.82) is 0 Å². The van der Waals surface area contributed by atoms with Gasteiger partial charge in [-0.05, 0) is 55.1 Å². The third kappa shape index (κ3) is 30.3. The van der Waals surface area contributed by atoms with Crippen LogP contribution in [0.1, 0.15) is 134 Å². The van der Waals surface area contributed by atoms with Crippen LogP contribution in [0, 0.1) is 16.2 Å². The van der Waals surface area contributed by atoms with E-state index >= 15 is 0 Å². The van der Waals surface area contributed by atoms with Crippen molar-refractivity contribution in [3.8, 4) is 0 Å². The number of carbonyl (C=O) groups is 1. The molecule has 2 aromatic rings. The molecule has 0 fully saturated rings. The van der Waals surface area contributed by atoms with Crippen molar-refractivity contribution in [3.63, 3.8) is 0 Å². The third-order valence-corrected chi connectivity index (χ3v) is 6.19. The highest BCUT2D eigenvalue weighted by molar-refractivity contribution is 5.75. The molecule has 2 heteroatoms. The van der Waals surface area contributed by atoms with Gasteiger partial charge in [0.1, 0.15) is 0 Å². The first-order chi connectivity index (χ1) is 18.1. The van der Waals surface area contributed by atoms with E-state index in [0.29, 0.717) is 10.8 Å². The van der Waals surface area contributed by atoms with Crippen molar-refractivity contribution in [3.05, 3.63) is 71.8 Å². The first-order valence-corrected chi connectivity index (χ1v) is 15.3. The van der Waals surface area contributed by atoms with E-state index in [4.69, 9.17) is 0 Å². The zero-order chi connectivity index (χ0) is 31.5. The normalized spacial score (nSPS) is 10.8. The monoisotopic (exact) mass is 545 g/mol. The quantitative estimate of drug-likeness (QED) is 0.351. The number of hydrogen-bond acceptors (Lipinski definition) is 2. The van der Waals surface area contributed by atoms with Gasteiger partial charge >= 0.3 is 5.97 Å². The number of esters is 1. The summed E-state index contributed by atoms with van der Waals surface area (Å²) in [5, 5.41) is 0. The van der Waals surface area contributed by atoms with Gasteiger partial charge in [0.15, 0.2) is 0 Å². The summed E-state index contributed by atoms with van der Waals surface area (Å²) in [4.78, 5) is 10.8. The molecule has 0 amide bonds. The van der Waals surface area contributed by atoms with Gasteiger partial charge in [0.25, 0.3) is 0 Å². The molecule has 0 unspecified atom stereocenters. The number of carbonyl (C=O) groups excluding carboxylic acids is 1. The lowest BCUT2D eigenvalue weighted by Crippen LogP contribution is -2.24. The fraction of sp³-hybridized carbons (Fsp3) is 0.649. The van der Waals surface area contributed by atoms with Gasteiger partial charge in [-0.3, -0.25) is 4.79 Å². The summed E-state index contributed by atoms with van der Waals surface area (Å²) in [6.07, 6.45) is 5.96. The smallest absolute Gasteiger partial charge is 0.311 e. The summed E-state index contributed by atoms with van der Waals surface area (Å²) in [5.74, 6) is -0.134. The van der Waals surface area contributed by atoms with Crippen LogP contribution in [0.4, 0.5) is 0 Å². The van der Waals surface area contributed by atoms with Gasteiger partial charge in [-0.1, -0.05) is 164 Å². The Kier molecular flexibility index (Phi) is 29.5. The molecule has 1 aliphatic rings. The molecule has 0 N–H and O–H groups in total. The Morgan fingerprint density at radius 1 is 0.590 bits per heavy atom. The predicted octanol–water partition coefficient (Wildman–Crippen LogP) is 12.0. The van der Waals surface area contributed by atoms with Crippen LogP contribution in [-0.4, -0.2) is 13.1 Å². The van der Waals surface area contributed by atoms with Gasteiger partial charge in [-0.25, -0.2) is 0 Å². The predicted molar refractivity (Wildman–Crippen MR) is 179 cm³/mol. The number of aryl methyl sites for hydroxylation is 2. The Bertz CT molecular complexity index is 698. The number of rotatable bonds is 2. The lowest BCUT2D eigenvalue weighted by molar-refractivity contribution is -0.150. The maximum Gasteiger partial charge on any atom is 0.311 e. The fourth-order valence-electron chi connectivity index (χ4n) is 1.94. The molecule has 0 spiro atoms. The average Bonchev–Trinajstić information content (AvgIpc) is 2.93. The van der Waals surface area contributed by atoms with E-state index < -0.39 is 0 Å². The molecule has 1 aliphatic carbocycles. The van der Waals surface area contributed by atoms with Crippen LogP contribution < -0.4 is 0 Å². The van der Waals surface area contributed by atoms with E-state index in [1.165, 1.54) is 32.8 Å². The van der Waals surface area contributed by atoms with E-state index in [9.17, 15) is 4.79 Å². The molecule has 0 saturated carbocycles. The first-order valence-electron chi connectivity index (χ1n) is 15.3. The summed E-state index contributed by atoms with van der Waals surface area (Å²) < 4.78 is 4.57. The minimum absolute atomic E-state index is 0.134. The van der Waals surface area contributed by atoms with Gasteiger partial charge in [0, 0.05) is 0 Å². The molecular weight excluding hydrogens is 476 g/mol. The van der Waals surface area contributed by atoms with Crippen LogP contribution in [0.3, 0.4) is 0 Å². The molecule has 39 heavy (non-hydrogen) atoms. The van der Waals surface area contributed by atoms with Crippen LogP contribution in [0.5, 0.6) is 0 Å². The largest absolute Gasteiger partial charge is 0.469 e. The third-order valence-electron chi connectivity index (χ3n) is 6.19. The molecule has 228 valence electrons. The van der Waals surface area contributed by atoms with Crippen LogP contribution in [0.15, 0.2) is 60.7 Å². The summed E-state index contributed by atoms with van der Waals surface area (Å²) in [5.41, 5.74) is 3.87. The van der Waals surface area contributed by atoms with Gasteiger partial charge in [0.05, 0.1) is 12.5 Å². The minimum Gasteiger partial charge on any atom is -0.469 e. The molecule has 0 aromatic heterocycles. The van der Waals surface area contributed by atoms with Crippen molar-refractivity contribution < 1.29 is 9.53 Å². The van der Waals surface area contributed by atoms with E-state index in [1.807, 2.05) is 84.9 Å². The molecule has 0 radical (unpaired) electrons. The van der Waals surface area contributed by atoms with E-state index in [-0.39, 0.29) is 11.4 Å². The lowest BCUT2D eigenvalue weighted by atomic mass is 9.89. The SMILES string of the molecule is CC.CC.CCC(C)(C)C.CCC(C)(C)C.CCC(C)(C)C(=O)OC.c1ccc2c(c1)CC2.c1ccccc1. The van der Waals surface area contributed by atoms with Crippen molar-refractivity contribution >= 4 is 5.97 Å². The number of hydrogen-bond donors (Lipinski definition) is 0. The molecule has 2 nitrogen and oxygen atoms in total. The summed E-state index contributed by atoms with van der Waals surface area (Å²) >= 11 is 0. The van der Waals surface area contributed by atoms with Gasteiger partial charge in [0.2, 0.25) is 0 Å². The fourth-order valence-corrected chi connectivity index (χ4v) is 1.94. The molecule has 2 aromatic carbocycles. The average molecular weight is 545 g/mol. The highest BCUT2D eigenvalue weighted by Crippen LogP contribution is 2.21. The van der Waals surface area contributed by atoms with E-state index in [2.05, 4.69) is 84.4 Å². The zero-order valence-corrected chi connectivity index (χ0v) is 29.1. The molecule has 0 atom stereocenters. The minimum atomic E-state index is -0.311. The number of methoxy groups -OCH3 is 1. The topological polar surface area (TPSA) is 26.3 Å². The maximum absolute atomic E-state index is 10.8. The Hall–Kier alpha value is -2.09. The first kappa shape index (κ1) is 43.9. The maximum atomic E-state index is 10.8. The van der Waals surface area contributed by atoms with Crippen molar-refractivity contribution in [2.75, 3.05) is 7.11 Å². The Balaban J connectivity index is -0.000000192. The van der Waals surface area contributed by atoms with Crippen LogP contribution in [-0.2, 0) is 22.4 Å². The standard InChI is InChI=1S/C8H8.C7H14O2.C6H6.2C6H14.2C2H6/c1-2-4-8-6-5-7(8)3-1;1-5-7(2,3)6(8)9-4;1-2-4-6-5-3-1;2*1-5-6(2,3)4;2*1-2/h1-4H,5-6H2;5H2,1-4H3;1-6H;2*5H2,1-4H3;2*1-2H3. The number of benzene rings is 2. The molecule has 0 heterocycles. The Labute approximate surface area is 246 Å². The van der Waals surface area contributed by atoms with Crippen molar-refractivity contribution in [1.82, 2.24) is 0 Å². The lowest BCUT2D eigenvalue weighted by Gasteiger charge is -2.17. The Morgan fingerprint density at radius 3 is 0.949 bits per heavy atom. The van der Waals surface area contributed by atoms with Crippen molar-refractivity contribution in [2.45, 2.75) is 136 Å². The summed E-state index contributed by atoms with van der Waals surface area (Å²) in [7, 11) is 1.42. The van der Waals surface area contributed by atoms with Crippen LogP contribution >= 0.6 is 0 Å². The molecule has 0 bridgehead atoms. The van der Waals surface area contributed by atoms with E-state index in [1.54, 1.807) is 11.1 Å². The van der Waals surface area contributed by atoms with Gasteiger partial charge in [-0.15, -0.1) is 0 Å². The molecule has 0 aliphatic heterocycles. The second kappa shape index (κ2) is 26.1. The Morgan fingerprint density at radius 2 is 0.846 bits per heavy atom. The second-order valence-electron chi connectivity index (χ2n) is 12.0.